The Morgan fingerprint density at radius 1 is 1.50 bits per heavy atom. The standard InChI is InChI=1S/C10H8NO/c1-3-9-6-8(7-11)4-5-10(9)12-2/h4-6H,1H2,2H3. The average Bonchev–Trinajstić information content (AvgIpc) is 2.16. The molecule has 0 saturated heterocycles. The Hall–Kier alpha value is -1.75. The van der Waals surface area contributed by atoms with Crippen LogP contribution in [0.1, 0.15) is 11.1 Å². The fourth-order valence-electron chi connectivity index (χ4n) is 0.916. The first-order valence-electron chi connectivity index (χ1n) is 3.43. The minimum atomic E-state index is 0.585. The van der Waals surface area contributed by atoms with E-state index in [-0.39, 0.29) is 0 Å². The molecule has 1 aromatic carbocycles. The molecule has 0 aliphatic carbocycles. The third-order valence-electron chi connectivity index (χ3n) is 1.52. The van der Waals surface area contributed by atoms with E-state index in [0.717, 1.165) is 5.56 Å². The van der Waals surface area contributed by atoms with Gasteiger partial charge in [-0.1, -0.05) is 6.58 Å². The Morgan fingerprint density at radius 3 is 2.75 bits per heavy atom. The molecule has 1 rings (SSSR count). The highest BCUT2D eigenvalue weighted by atomic mass is 16.5. The van der Waals surface area contributed by atoms with E-state index in [1.807, 2.05) is 6.07 Å². The van der Waals surface area contributed by atoms with Crippen molar-refractivity contribution in [3.05, 3.63) is 42.0 Å². The number of hydrogen-bond acceptors (Lipinski definition) is 2. The van der Waals surface area contributed by atoms with Crippen molar-refractivity contribution < 1.29 is 4.74 Å². The van der Waals surface area contributed by atoms with Crippen molar-refractivity contribution in [2.24, 2.45) is 0 Å². The summed E-state index contributed by atoms with van der Waals surface area (Å²) in [5, 5.41) is 8.58. The molecule has 0 aliphatic heterocycles. The maximum absolute atomic E-state index is 8.58. The van der Waals surface area contributed by atoms with E-state index >= 15 is 0 Å². The molecule has 0 bridgehead atoms. The summed E-state index contributed by atoms with van der Waals surface area (Å²) < 4.78 is 5.02. The van der Waals surface area contributed by atoms with Crippen LogP contribution >= 0.6 is 0 Å². The van der Waals surface area contributed by atoms with E-state index in [1.54, 1.807) is 25.3 Å². The maximum Gasteiger partial charge on any atom is 0.126 e. The fourth-order valence-corrected chi connectivity index (χ4v) is 0.916. The molecule has 0 unspecified atom stereocenters. The number of nitrogens with zero attached hydrogens (tertiary/aromatic N) is 1. The first kappa shape index (κ1) is 8.35. The molecule has 0 heterocycles. The number of nitriles is 1. The van der Waals surface area contributed by atoms with Crippen molar-refractivity contribution >= 4 is 0 Å². The van der Waals surface area contributed by atoms with Crippen molar-refractivity contribution in [3.63, 3.8) is 0 Å². The van der Waals surface area contributed by atoms with Gasteiger partial charge < -0.3 is 4.74 Å². The maximum atomic E-state index is 8.58. The van der Waals surface area contributed by atoms with Crippen molar-refractivity contribution in [3.8, 4) is 11.8 Å². The molecule has 12 heavy (non-hydrogen) atoms. The van der Waals surface area contributed by atoms with Gasteiger partial charge in [0.2, 0.25) is 0 Å². The highest BCUT2D eigenvalue weighted by Crippen LogP contribution is 2.18. The van der Waals surface area contributed by atoms with Crippen LogP contribution < -0.4 is 4.74 Å². The van der Waals surface area contributed by atoms with Gasteiger partial charge in [0, 0.05) is 5.56 Å². The molecule has 2 heteroatoms. The molecule has 2 nitrogen and oxygen atoms in total. The molecular formula is C10H8NO. The smallest absolute Gasteiger partial charge is 0.126 e. The van der Waals surface area contributed by atoms with Gasteiger partial charge in [-0.2, -0.15) is 5.26 Å². The fraction of sp³-hybridized carbons (Fsp3) is 0.100. The summed E-state index contributed by atoms with van der Waals surface area (Å²) in [6, 6.07) is 7.14. The van der Waals surface area contributed by atoms with Crippen LogP contribution in [0.5, 0.6) is 5.75 Å². The molecule has 0 N–H and O–H groups in total. The summed E-state index contributed by atoms with van der Waals surface area (Å²) >= 11 is 0. The quantitative estimate of drug-likeness (QED) is 0.658. The van der Waals surface area contributed by atoms with E-state index in [0.29, 0.717) is 11.3 Å². The third-order valence-corrected chi connectivity index (χ3v) is 1.52. The number of ether oxygens (including phenoxy) is 1. The van der Waals surface area contributed by atoms with E-state index < -0.39 is 0 Å². The van der Waals surface area contributed by atoms with Gasteiger partial charge >= 0.3 is 0 Å². The molecule has 0 atom stereocenters. The van der Waals surface area contributed by atoms with Gasteiger partial charge in [-0.25, -0.2) is 0 Å². The predicted octanol–water partition coefficient (Wildman–Crippen LogP) is 1.90. The zero-order valence-corrected chi connectivity index (χ0v) is 6.79. The molecular weight excluding hydrogens is 150 g/mol. The van der Waals surface area contributed by atoms with Crippen LogP contribution in [0.15, 0.2) is 24.8 Å². The van der Waals surface area contributed by atoms with E-state index in [9.17, 15) is 0 Å². The van der Waals surface area contributed by atoms with E-state index in [4.69, 9.17) is 10.00 Å². The highest BCUT2D eigenvalue weighted by Gasteiger charge is 1.99. The first-order valence-corrected chi connectivity index (χ1v) is 3.43. The van der Waals surface area contributed by atoms with Crippen molar-refractivity contribution in [2.75, 3.05) is 7.11 Å². The Kier molecular flexibility index (Phi) is 2.49. The highest BCUT2D eigenvalue weighted by molar-refractivity contribution is 5.44. The van der Waals surface area contributed by atoms with Gasteiger partial charge in [0.05, 0.1) is 18.7 Å². The lowest BCUT2D eigenvalue weighted by Crippen LogP contribution is -1.88. The van der Waals surface area contributed by atoms with Crippen molar-refractivity contribution in [1.29, 1.82) is 5.26 Å². The van der Waals surface area contributed by atoms with Gasteiger partial charge in [-0.15, -0.1) is 0 Å². The van der Waals surface area contributed by atoms with Gasteiger partial charge in [-0.05, 0) is 24.3 Å². The minimum absolute atomic E-state index is 0.585. The number of hydrogen-bond donors (Lipinski definition) is 0. The van der Waals surface area contributed by atoms with Gasteiger partial charge in [0.1, 0.15) is 5.75 Å². The lowest BCUT2D eigenvalue weighted by Gasteiger charge is -2.02. The summed E-state index contributed by atoms with van der Waals surface area (Å²) in [6.07, 6.45) is 2.70. The SMILES string of the molecule is C=[C]c1cc(C#N)ccc1OC. The van der Waals surface area contributed by atoms with Crippen LogP contribution in [0.2, 0.25) is 0 Å². The molecule has 0 aromatic heterocycles. The Morgan fingerprint density at radius 2 is 2.25 bits per heavy atom. The minimum Gasteiger partial charge on any atom is -0.496 e. The topological polar surface area (TPSA) is 33.0 Å². The Balaban J connectivity index is 3.21. The lowest BCUT2D eigenvalue weighted by atomic mass is 10.1. The largest absolute Gasteiger partial charge is 0.496 e. The van der Waals surface area contributed by atoms with Crippen LogP contribution in [0.4, 0.5) is 0 Å². The molecule has 0 spiro atoms. The third kappa shape index (κ3) is 1.46. The summed E-state index contributed by atoms with van der Waals surface area (Å²) in [7, 11) is 1.57. The number of methoxy groups -OCH3 is 1. The normalized spacial score (nSPS) is 8.67. The van der Waals surface area contributed by atoms with Crippen LogP contribution in [-0.4, -0.2) is 7.11 Å². The average molecular weight is 158 g/mol. The molecule has 0 amide bonds. The number of benzene rings is 1. The second-order valence-electron chi connectivity index (χ2n) is 2.20. The Bertz CT molecular complexity index is 336. The number of rotatable bonds is 2. The summed E-state index contributed by atoms with van der Waals surface area (Å²) in [5.74, 6) is 0.684. The zero-order chi connectivity index (χ0) is 8.97. The summed E-state index contributed by atoms with van der Waals surface area (Å²) in [5.41, 5.74) is 1.30. The van der Waals surface area contributed by atoms with Crippen LogP contribution in [0.3, 0.4) is 0 Å². The van der Waals surface area contributed by atoms with Gasteiger partial charge in [0.15, 0.2) is 0 Å². The lowest BCUT2D eigenvalue weighted by molar-refractivity contribution is 0.413. The van der Waals surface area contributed by atoms with Gasteiger partial charge in [-0.3, -0.25) is 0 Å². The zero-order valence-electron chi connectivity index (χ0n) is 6.79. The van der Waals surface area contributed by atoms with Crippen LogP contribution in [0, 0.1) is 17.4 Å². The first-order chi connectivity index (χ1) is 5.81. The van der Waals surface area contributed by atoms with E-state index in [1.165, 1.54) is 0 Å². The molecule has 59 valence electrons. The van der Waals surface area contributed by atoms with E-state index in [2.05, 4.69) is 12.7 Å². The molecule has 1 radical (unpaired) electrons. The van der Waals surface area contributed by atoms with Crippen LogP contribution in [0.25, 0.3) is 0 Å². The van der Waals surface area contributed by atoms with Crippen molar-refractivity contribution in [1.82, 2.24) is 0 Å². The van der Waals surface area contributed by atoms with Crippen LogP contribution in [-0.2, 0) is 0 Å². The molecule has 0 aliphatic rings. The monoisotopic (exact) mass is 158 g/mol. The van der Waals surface area contributed by atoms with Gasteiger partial charge in [0.25, 0.3) is 0 Å². The Labute approximate surface area is 71.7 Å². The molecule has 0 saturated carbocycles. The summed E-state index contributed by atoms with van der Waals surface area (Å²) in [6.45, 7) is 3.50. The second kappa shape index (κ2) is 3.59. The predicted molar refractivity (Wildman–Crippen MR) is 45.7 cm³/mol. The molecule has 1 aromatic rings. The second-order valence-corrected chi connectivity index (χ2v) is 2.20. The van der Waals surface area contributed by atoms with Crippen molar-refractivity contribution in [2.45, 2.75) is 0 Å². The molecule has 0 fully saturated rings. The summed E-state index contributed by atoms with van der Waals surface area (Å²) in [4.78, 5) is 0.